The molecule has 1 amide bonds. The summed E-state index contributed by atoms with van der Waals surface area (Å²) in [5.74, 6) is 2.29. The number of hydrogen-bond donors (Lipinski definition) is 0. The smallest absolute Gasteiger partial charge is 0.272 e. The summed E-state index contributed by atoms with van der Waals surface area (Å²) >= 11 is 0. The number of nitrogens with zero attached hydrogens (tertiary/aromatic N) is 6. The first kappa shape index (κ1) is 19.4. The van der Waals surface area contributed by atoms with Gasteiger partial charge in [-0.1, -0.05) is 6.07 Å². The van der Waals surface area contributed by atoms with E-state index in [2.05, 4.69) is 24.6 Å². The van der Waals surface area contributed by atoms with Crippen LogP contribution in [0.15, 0.2) is 18.2 Å². The zero-order valence-electron chi connectivity index (χ0n) is 16.6. The highest BCUT2D eigenvalue weighted by molar-refractivity contribution is 5.92. The third-order valence-corrected chi connectivity index (χ3v) is 4.92. The highest BCUT2D eigenvalue weighted by Gasteiger charge is 2.28. The van der Waals surface area contributed by atoms with Crippen LogP contribution in [0.1, 0.15) is 46.6 Å². The number of rotatable bonds is 6. The van der Waals surface area contributed by atoms with Crippen LogP contribution in [0.4, 0.5) is 0 Å². The number of methoxy groups -OCH3 is 1. The van der Waals surface area contributed by atoms with Gasteiger partial charge in [-0.15, -0.1) is 10.2 Å². The van der Waals surface area contributed by atoms with Crippen molar-refractivity contribution in [3.63, 3.8) is 0 Å². The fraction of sp³-hybridized carbons (Fsp3) is 0.579. The van der Waals surface area contributed by atoms with Gasteiger partial charge in [0.2, 0.25) is 0 Å². The van der Waals surface area contributed by atoms with Crippen molar-refractivity contribution in [1.82, 2.24) is 29.5 Å². The molecule has 8 heteroatoms. The lowest BCUT2D eigenvalue weighted by Gasteiger charge is -2.31. The number of hydrogen-bond acceptors (Lipinski definition) is 6. The Hall–Kier alpha value is -2.32. The quantitative estimate of drug-likeness (QED) is 0.764. The van der Waals surface area contributed by atoms with Gasteiger partial charge in [-0.2, -0.15) is 0 Å². The van der Waals surface area contributed by atoms with Gasteiger partial charge in [0.15, 0.2) is 0 Å². The van der Waals surface area contributed by atoms with Crippen molar-refractivity contribution in [1.29, 1.82) is 0 Å². The largest absolute Gasteiger partial charge is 0.378 e. The molecule has 0 atom stereocenters. The third-order valence-electron chi connectivity index (χ3n) is 4.92. The molecule has 1 aliphatic heterocycles. The number of ether oxygens (including phenoxy) is 1. The lowest BCUT2D eigenvalue weighted by atomic mass is 9.95. The number of likely N-dealkylation sites (tertiary alicyclic amines) is 1. The third kappa shape index (κ3) is 4.51. The summed E-state index contributed by atoms with van der Waals surface area (Å²) < 4.78 is 7.20. The van der Waals surface area contributed by atoms with E-state index in [1.165, 1.54) is 0 Å². The van der Waals surface area contributed by atoms with Gasteiger partial charge < -0.3 is 19.1 Å². The Bertz CT molecular complexity index is 780. The molecule has 0 radical (unpaired) electrons. The molecular weight excluding hydrogens is 344 g/mol. The molecular formula is C19H28N6O2. The van der Waals surface area contributed by atoms with Gasteiger partial charge in [0, 0.05) is 33.2 Å². The molecule has 2 aromatic heterocycles. The molecule has 3 heterocycles. The molecule has 0 aromatic carbocycles. The van der Waals surface area contributed by atoms with Crippen molar-refractivity contribution in [3.05, 3.63) is 41.2 Å². The average molecular weight is 372 g/mol. The summed E-state index contributed by atoms with van der Waals surface area (Å²) in [7, 11) is 7.69. The van der Waals surface area contributed by atoms with Crippen LogP contribution in [0.2, 0.25) is 0 Å². The number of aromatic nitrogens is 4. The Morgan fingerprint density at radius 1 is 1.26 bits per heavy atom. The van der Waals surface area contributed by atoms with E-state index in [1.807, 2.05) is 38.2 Å². The highest BCUT2D eigenvalue weighted by atomic mass is 16.5. The van der Waals surface area contributed by atoms with E-state index >= 15 is 0 Å². The van der Waals surface area contributed by atoms with E-state index in [1.54, 1.807) is 13.2 Å². The summed E-state index contributed by atoms with van der Waals surface area (Å²) in [6.45, 7) is 2.58. The van der Waals surface area contributed by atoms with Crippen LogP contribution in [-0.4, -0.2) is 69.8 Å². The number of pyridine rings is 1. The van der Waals surface area contributed by atoms with Crippen molar-refractivity contribution >= 4 is 5.91 Å². The van der Waals surface area contributed by atoms with E-state index < -0.39 is 0 Å². The van der Waals surface area contributed by atoms with E-state index in [4.69, 9.17) is 4.74 Å². The molecule has 146 valence electrons. The lowest BCUT2D eigenvalue weighted by Crippen LogP contribution is -2.38. The molecule has 0 bridgehead atoms. The van der Waals surface area contributed by atoms with Crippen LogP contribution >= 0.6 is 0 Å². The monoisotopic (exact) mass is 372 g/mol. The van der Waals surface area contributed by atoms with E-state index in [0.717, 1.165) is 36.7 Å². The minimum absolute atomic E-state index is 0.0161. The van der Waals surface area contributed by atoms with Crippen molar-refractivity contribution < 1.29 is 9.53 Å². The fourth-order valence-corrected chi connectivity index (χ4v) is 3.48. The van der Waals surface area contributed by atoms with Gasteiger partial charge in [-0.3, -0.25) is 4.79 Å². The van der Waals surface area contributed by atoms with Crippen molar-refractivity contribution in [2.45, 2.75) is 31.9 Å². The molecule has 2 aromatic rings. The number of carbonyl (C=O) groups excluding carboxylic acids is 1. The van der Waals surface area contributed by atoms with Crippen LogP contribution in [0, 0.1) is 0 Å². The summed E-state index contributed by atoms with van der Waals surface area (Å²) in [6, 6.07) is 5.49. The number of piperidine rings is 1. The molecule has 0 N–H and O–H groups in total. The molecule has 0 saturated carbocycles. The van der Waals surface area contributed by atoms with Crippen LogP contribution < -0.4 is 0 Å². The van der Waals surface area contributed by atoms with Crippen molar-refractivity contribution in [2.75, 3.05) is 34.3 Å². The van der Waals surface area contributed by atoms with Crippen molar-refractivity contribution in [3.8, 4) is 0 Å². The number of carbonyl (C=O) groups is 1. The first-order valence-electron chi connectivity index (χ1n) is 9.26. The zero-order valence-corrected chi connectivity index (χ0v) is 16.6. The van der Waals surface area contributed by atoms with Crippen LogP contribution in [0.3, 0.4) is 0 Å². The second kappa shape index (κ2) is 8.58. The van der Waals surface area contributed by atoms with E-state index in [-0.39, 0.29) is 5.91 Å². The van der Waals surface area contributed by atoms with Crippen LogP contribution in [0.5, 0.6) is 0 Å². The molecule has 3 rings (SSSR count). The summed E-state index contributed by atoms with van der Waals surface area (Å²) in [6.07, 6.45) is 1.77. The van der Waals surface area contributed by atoms with Gasteiger partial charge in [-0.05, 0) is 39.1 Å². The molecule has 1 aliphatic rings. The molecule has 1 fully saturated rings. The molecule has 1 saturated heterocycles. The summed E-state index contributed by atoms with van der Waals surface area (Å²) in [5.41, 5.74) is 1.25. The van der Waals surface area contributed by atoms with Gasteiger partial charge in [-0.25, -0.2) is 4.98 Å². The summed E-state index contributed by atoms with van der Waals surface area (Å²) in [4.78, 5) is 21.2. The van der Waals surface area contributed by atoms with Gasteiger partial charge >= 0.3 is 0 Å². The highest BCUT2D eigenvalue weighted by Crippen LogP contribution is 2.27. The Labute approximate surface area is 160 Å². The molecule has 0 spiro atoms. The second-order valence-electron chi connectivity index (χ2n) is 7.28. The molecule has 27 heavy (non-hydrogen) atoms. The maximum absolute atomic E-state index is 12.8. The fourth-order valence-electron chi connectivity index (χ4n) is 3.48. The Morgan fingerprint density at radius 3 is 2.67 bits per heavy atom. The first-order valence-corrected chi connectivity index (χ1v) is 9.26. The SMILES string of the molecule is COCc1cccc(C(=O)N2CCC(c3nnc(CN(C)C)n3C)CC2)n1. The average Bonchev–Trinajstić information content (AvgIpc) is 3.02. The minimum Gasteiger partial charge on any atom is -0.378 e. The summed E-state index contributed by atoms with van der Waals surface area (Å²) in [5, 5.41) is 8.74. The van der Waals surface area contributed by atoms with E-state index in [9.17, 15) is 4.79 Å². The molecule has 0 aliphatic carbocycles. The normalized spacial score (nSPS) is 15.5. The van der Waals surface area contributed by atoms with Gasteiger partial charge in [0.05, 0.1) is 18.8 Å². The van der Waals surface area contributed by atoms with E-state index in [0.29, 0.717) is 31.3 Å². The topological polar surface area (TPSA) is 76.4 Å². The predicted octanol–water partition coefficient (Wildman–Crippen LogP) is 1.44. The predicted molar refractivity (Wildman–Crippen MR) is 101 cm³/mol. The second-order valence-corrected chi connectivity index (χ2v) is 7.28. The molecule has 8 nitrogen and oxygen atoms in total. The standard InChI is InChI=1S/C19H28N6O2/c1-23(2)12-17-21-22-18(24(17)3)14-8-10-25(11-9-14)19(26)16-7-5-6-15(20-16)13-27-4/h5-7,14H,8-13H2,1-4H3. The maximum Gasteiger partial charge on any atom is 0.272 e. The van der Waals surface area contributed by atoms with Gasteiger partial charge in [0.1, 0.15) is 17.3 Å². The first-order chi connectivity index (χ1) is 13.0. The Morgan fingerprint density at radius 2 is 2.00 bits per heavy atom. The molecule has 0 unspecified atom stereocenters. The zero-order chi connectivity index (χ0) is 19.4. The minimum atomic E-state index is -0.0161. The lowest BCUT2D eigenvalue weighted by molar-refractivity contribution is 0.0703. The van der Waals surface area contributed by atoms with Crippen LogP contribution in [0.25, 0.3) is 0 Å². The van der Waals surface area contributed by atoms with Crippen molar-refractivity contribution in [2.24, 2.45) is 7.05 Å². The Kier molecular flexibility index (Phi) is 6.18. The Balaban J connectivity index is 1.63. The number of amides is 1. The van der Waals surface area contributed by atoms with Gasteiger partial charge in [0.25, 0.3) is 5.91 Å². The van der Waals surface area contributed by atoms with Crippen LogP contribution in [-0.2, 0) is 24.9 Å². The maximum atomic E-state index is 12.8.